The fourth-order valence-electron chi connectivity index (χ4n) is 7.48. The molecule has 0 amide bonds. The molecule has 7 rings (SSSR count). The number of aryl methyl sites for hydroxylation is 4. The molecule has 53 heavy (non-hydrogen) atoms. The van der Waals surface area contributed by atoms with E-state index in [1.165, 1.54) is 33.4 Å². The summed E-state index contributed by atoms with van der Waals surface area (Å²) in [5.41, 5.74) is 13.6. The Balaban J connectivity index is 0.00000481. The van der Waals surface area contributed by atoms with Crippen molar-refractivity contribution in [3.8, 4) is 34.1 Å². The Kier molecular flexibility index (Phi) is 10.4. The Labute approximate surface area is 329 Å². The summed E-state index contributed by atoms with van der Waals surface area (Å²) in [5, 5.41) is 7.39. The van der Waals surface area contributed by atoms with Gasteiger partial charge in [-0.15, -0.1) is 41.3 Å². The van der Waals surface area contributed by atoms with Gasteiger partial charge in [0.05, 0.1) is 5.69 Å². The normalized spacial score (nSPS) is 12.1. The van der Waals surface area contributed by atoms with Crippen LogP contribution in [0.25, 0.3) is 44.4 Å². The summed E-state index contributed by atoms with van der Waals surface area (Å²) in [7, 11) is 0. The molecule has 0 atom stereocenters. The fourth-order valence-corrected chi connectivity index (χ4v) is 7.48. The van der Waals surface area contributed by atoms with E-state index in [0.29, 0.717) is 11.5 Å². The van der Waals surface area contributed by atoms with E-state index in [1.54, 1.807) is 0 Å². The molecule has 0 aliphatic heterocycles. The Bertz CT molecular complexity index is 2450. The van der Waals surface area contributed by atoms with Gasteiger partial charge in [-0.05, 0) is 102 Å². The summed E-state index contributed by atoms with van der Waals surface area (Å²) in [6, 6.07) is 33.1. The van der Waals surface area contributed by atoms with Gasteiger partial charge in [0.15, 0.2) is 0 Å². The molecule has 0 bridgehead atoms. The third kappa shape index (κ3) is 7.25. The van der Waals surface area contributed by atoms with Crippen molar-refractivity contribution in [2.24, 2.45) is 0 Å². The van der Waals surface area contributed by atoms with E-state index in [9.17, 15) is 0 Å². The van der Waals surface area contributed by atoms with Crippen molar-refractivity contribution in [2.45, 2.75) is 99.8 Å². The van der Waals surface area contributed by atoms with Crippen LogP contribution < -0.4 is 4.74 Å². The average molecular weight is 793 g/mol. The molecule has 4 aromatic carbocycles. The van der Waals surface area contributed by atoms with Crippen molar-refractivity contribution < 1.29 is 25.2 Å². The van der Waals surface area contributed by atoms with Crippen LogP contribution >= 0.6 is 0 Å². The summed E-state index contributed by atoms with van der Waals surface area (Å²) in [5.74, 6) is 2.13. The largest absolute Gasteiger partial charge is 2.00 e. The van der Waals surface area contributed by atoms with E-state index in [0.717, 1.165) is 63.1 Å². The molecule has 0 saturated carbocycles. The number of para-hydroxylation sites is 1. The third-order valence-corrected chi connectivity index (χ3v) is 10.2. The number of benzene rings is 4. The van der Waals surface area contributed by atoms with Crippen LogP contribution in [0, 0.1) is 39.8 Å². The SMILES string of the molecule is CCCc1ccnc(-n2c3[c-]c(Oc4[c-]c(-n5nc(C)c(-c6c(C)cc(C(C)(C)C)cc6C)c5C)cc(C(C)(C)C)c4)ccc3c3ccccc32)c1.[Pd+2]. The minimum absolute atomic E-state index is 0. The van der Waals surface area contributed by atoms with Crippen molar-refractivity contribution >= 4 is 21.8 Å². The number of hydrogen-bond acceptors (Lipinski definition) is 3. The van der Waals surface area contributed by atoms with Crippen LogP contribution in [0.4, 0.5) is 0 Å². The van der Waals surface area contributed by atoms with Gasteiger partial charge in [-0.3, -0.25) is 4.68 Å². The number of nitrogens with zero attached hydrogens (tertiary/aromatic N) is 4. The first-order chi connectivity index (χ1) is 24.6. The molecule has 6 heteroatoms. The third-order valence-electron chi connectivity index (χ3n) is 10.2. The molecule has 0 fully saturated rings. The maximum atomic E-state index is 6.69. The van der Waals surface area contributed by atoms with E-state index in [4.69, 9.17) is 14.8 Å². The van der Waals surface area contributed by atoms with Gasteiger partial charge in [0, 0.05) is 34.5 Å². The second-order valence-electron chi connectivity index (χ2n) is 16.4. The first kappa shape index (κ1) is 38.2. The van der Waals surface area contributed by atoms with Gasteiger partial charge in [-0.1, -0.05) is 90.7 Å². The van der Waals surface area contributed by atoms with Crippen LogP contribution in [0.2, 0.25) is 0 Å². The van der Waals surface area contributed by atoms with Crippen LogP contribution in [-0.2, 0) is 37.7 Å². The Morgan fingerprint density at radius 2 is 1.40 bits per heavy atom. The fraction of sp³-hybridized carbons (Fsp3) is 0.319. The van der Waals surface area contributed by atoms with Gasteiger partial charge in [-0.2, -0.15) is 11.2 Å². The maximum absolute atomic E-state index is 6.69. The molecule has 274 valence electrons. The number of ether oxygens (including phenoxy) is 1. The smallest absolute Gasteiger partial charge is 0.509 e. The van der Waals surface area contributed by atoms with Gasteiger partial charge in [0.1, 0.15) is 5.82 Å². The first-order valence-electron chi connectivity index (χ1n) is 18.5. The molecule has 0 N–H and O–H groups in total. The minimum atomic E-state index is -0.133. The van der Waals surface area contributed by atoms with Gasteiger partial charge in [0.2, 0.25) is 0 Å². The molecule has 0 aliphatic rings. The summed E-state index contributed by atoms with van der Waals surface area (Å²) in [4.78, 5) is 4.81. The standard InChI is InChI=1S/C47H50N4O.Pd/c1-12-15-33-20-21-48-43(24-33)50-41-17-14-13-16-39(41)40-19-18-37(28-42(40)50)52-38-26-35(47(9,10)11)25-36(27-38)51-32(5)45(31(4)49-51)44-29(2)22-34(23-30(44)3)46(6,7)8;/h13-14,16-26H,12,15H2,1-11H3;/q-2;+2. The Morgan fingerprint density at radius 1 is 0.717 bits per heavy atom. The summed E-state index contributed by atoms with van der Waals surface area (Å²) >= 11 is 0. The predicted molar refractivity (Wildman–Crippen MR) is 216 cm³/mol. The first-order valence-corrected chi connectivity index (χ1v) is 18.5. The van der Waals surface area contributed by atoms with Crippen LogP contribution in [0.3, 0.4) is 0 Å². The Hall–Kier alpha value is -4.50. The molecule has 0 saturated heterocycles. The van der Waals surface area contributed by atoms with Crippen molar-refractivity contribution in [3.05, 3.63) is 130 Å². The van der Waals surface area contributed by atoms with Crippen LogP contribution in [0.5, 0.6) is 11.5 Å². The molecule has 7 aromatic rings. The van der Waals surface area contributed by atoms with Gasteiger partial charge in [-0.25, -0.2) is 4.98 Å². The molecule has 3 aromatic heterocycles. The minimum Gasteiger partial charge on any atom is -0.509 e. The van der Waals surface area contributed by atoms with E-state index in [-0.39, 0.29) is 31.3 Å². The second-order valence-corrected chi connectivity index (χ2v) is 16.4. The summed E-state index contributed by atoms with van der Waals surface area (Å²) in [6.45, 7) is 24.4. The zero-order valence-corrected chi connectivity index (χ0v) is 34.5. The topological polar surface area (TPSA) is 44.9 Å². The zero-order valence-electron chi connectivity index (χ0n) is 32.9. The Morgan fingerprint density at radius 3 is 2.08 bits per heavy atom. The maximum Gasteiger partial charge on any atom is 2.00 e. The molecule has 3 heterocycles. The van der Waals surface area contributed by atoms with Crippen LogP contribution in [0.15, 0.2) is 79.0 Å². The number of aromatic nitrogens is 4. The van der Waals surface area contributed by atoms with Crippen LogP contribution in [-0.4, -0.2) is 19.3 Å². The van der Waals surface area contributed by atoms with Crippen molar-refractivity contribution in [2.75, 3.05) is 0 Å². The van der Waals surface area contributed by atoms with E-state index in [2.05, 4.69) is 160 Å². The number of pyridine rings is 1. The van der Waals surface area contributed by atoms with E-state index in [1.807, 2.05) is 16.9 Å². The molecular formula is C47H50N4OPd. The zero-order chi connectivity index (χ0) is 37.1. The summed E-state index contributed by atoms with van der Waals surface area (Å²) in [6.07, 6.45) is 3.99. The van der Waals surface area contributed by atoms with Crippen molar-refractivity contribution in [1.29, 1.82) is 0 Å². The predicted octanol–water partition coefficient (Wildman–Crippen LogP) is 12.2. The average Bonchev–Trinajstić information content (AvgIpc) is 3.56. The number of rotatable bonds is 7. The molecule has 0 spiro atoms. The van der Waals surface area contributed by atoms with Crippen molar-refractivity contribution in [3.63, 3.8) is 0 Å². The second kappa shape index (κ2) is 14.4. The molecule has 0 aliphatic carbocycles. The van der Waals surface area contributed by atoms with Crippen LogP contribution in [0.1, 0.15) is 94.1 Å². The number of fused-ring (bicyclic) bond motifs is 3. The molecule has 0 radical (unpaired) electrons. The van der Waals surface area contributed by atoms with Gasteiger partial charge >= 0.3 is 20.4 Å². The number of hydrogen-bond donors (Lipinski definition) is 0. The molecule has 0 unspecified atom stereocenters. The quantitative estimate of drug-likeness (QED) is 0.119. The van der Waals surface area contributed by atoms with Crippen molar-refractivity contribution in [1.82, 2.24) is 19.3 Å². The monoisotopic (exact) mass is 792 g/mol. The summed E-state index contributed by atoms with van der Waals surface area (Å²) < 4.78 is 10.9. The van der Waals surface area contributed by atoms with E-state index >= 15 is 0 Å². The van der Waals surface area contributed by atoms with E-state index < -0.39 is 0 Å². The van der Waals surface area contributed by atoms with Gasteiger partial charge < -0.3 is 9.30 Å². The molecular weight excluding hydrogens is 743 g/mol. The molecule has 5 nitrogen and oxygen atoms in total. The van der Waals surface area contributed by atoms with Gasteiger partial charge in [0.25, 0.3) is 0 Å².